The van der Waals surface area contributed by atoms with E-state index in [1.165, 1.54) is 18.2 Å². The Balaban J connectivity index is 1.71. The minimum atomic E-state index is -0.626. The number of hydrogen-bond acceptors (Lipinski definition) is 2. The van der Waals surface area contributed by atoms with Crippen molar-refractivity contribution in [1.82, 2.24) is 9.80 Å². The van der Waals surface area contributed by atoms with Gasteiger partial charge in [0, 0.05) is 31.7 Å². The molecule has 1 aliphatic heterocycles. The molecular formula is C20H20ClFN2O2. The minimum absolute atomic E-state index is 0.0526. The molecule has 1 fully saturated rings. The van der Waals surface area contributed by atoms with E-state index in [0.29, 0.717) is 38.2 Å². The molecule has 26 heavy (non-hydrogen) atoms. The Kier molecular flexibility index (Phi) is 5.57. The molecule has 1 heterocycles. The third kappa shape index (κ3) is 3.88. The van der Waals surface area contributed by atoms with Crippen LogP contribution in [0.2, 0.25) is 5.02 Å². The summed E-state index contributed by atoms with van der Waals surface area (Å²) in [4.78, 5) is 28.6. The lowest BCUT2D eigenvalue weighted by molar-refractivity contribution is 0.0716. The number of carbonyl (C=O) groups excluding carboxylic acids is 2. The van der Waals surface area contributed by atoms with Gasteiger partial charge in [-0.3, -0.25) is 9.59 Å². The smallest absolute Gasteiger partial charge is 0.258 e. The van der Waals surface area contributed by atoms with E-state index in [2.05, 4.69) is 0 Å². The summed E-state index contributed by atoms with van der Waals surface area (Å²) in [7, 11) is 0. The van der Waals surface area contributed by atoms with Crippen LogP contribution in [-0.4, -0.2) is 47.8 Å². The van der Waals surface area contributed by atoms with Crippen LogP contribution in [0.4, 0.5) is 4.39 Å². The van der Waals surface area contributed by atoms with Crippen molar-refractivity contribution < 1.29 is 14.0 Å². The van der Waals surface area contributed by atoms with Crippen LogP contribution in [0.3, 0.4) is 0 Å². The topological polar surface area (TPSA) is 40.6 Å². The summed E-state index contributed by atoms with van der Waals surface area (Å²) in [6.45, 7) is 3.74. The third-order valence-electron chi connectivity index (χ3n) is 4.55. The molecule has 4 nitrogen and oxygen atoms in total. The number of halogens is 2. The van der Waals surface area contributed by atoms with Gasteiger partial charge in [0.15, 0.2) is 0 Å². The second-order valence-electron chi connectivity index (χ2n) is 6.40. The summed E-state index contributed by atoms with van der Waals surface area (Å²) in [5.41, 5.74) is 1.62. The summed E-state index contributed by atoms with van der Waals surface area (Å²) in [6.07, 6.45) is 0.634. The van der Waals surface area contributed by atoms with Gasteiger partial charge in [0.1, 0.15) is 5.82 Å². The number of benzene rings is 2. The molecule has 0 saturated carbocycles. The molecule has 2 aromatic carbocycles. The van der Waals surface area contributed by atoms with E-state index < -0.39 is 11.7 Å². The lowest BCUT2D eigenvalue weighted by atomic mass is 10.1. The SMILES string of the molecule is Cc1ccc(C(=O)N2CCCN(C(=O)c3c(F)cccc3Cl)CC2)cc1. The summed E-state index contributed by atoms with van der Waals surface area (Å²) < 4.78 is 14.0. The van der Waals surface area contributed by atoms with Gasteiger partial charge in [0.25, 0.3) is 11.8 Å². The van der Waals surface area contributed by atoms with Crippen molar-refractivity contribution in [2.75, 3.05) is 26.2 Å². The Morgan fingerprint density at radius 3 is 2.15 bits per heavy atom. The van der Waals surface area contributed by atoms with Crippen LogP contribution in [0.25, 0.3) is 0 Å². The fourth-order valence-electron chi connectivity index (χ4n) is 3.06. The van der Waals surface area contributed by atoms with E-state index in [1.807, 2.05) is 31.2 Å². The van der Waals surface area contributed by atoms with Gasteiger partial charge in [-0.25, -0.2) is 4.39 Å². The fourth-order valence-corrected chi connectivity index (χ4v) is 3.31. The molecular weight excluding hydrogens is 355 g/mol. The number of aryl methyl sites for hydroxylation is 1. The second kappa shape index (κ2) is 7.87. The van der Waals surface area contributed by atoms with Crippen molar-refractivity contribution in [1.29, 1.82) is 0 Å². The first kappa shape index (κ1) is 18.4. The van der Waals surface area contributed by atoms with E-state index >= 15 is 0 Å². The molecule has 0 aliphatic carbocycles. The van der Waals surface area contributed by atoms with E-state index in [4.69, 9.17) is 11.6 Å². The zero-order valence-electron chi connectivity index (χ0n) is 14.5. The van der Waals surface area contributed by atoms with E-state index in [0.717, 1.165) is 5.56 Å². The highest BCUT2D eigenvalue weighted by Crippen LogP contribution is 2.22. The predicted molar refractivity (Wildman–Crippen MR) is 99.0 cm³/mol. The van der Waals surface area contributed by atoms with Crippen molar-refractivity contribution in [2.24, 2.45) is 0 Å². The molecule has 6 heteroatoms. The summed E-state index contributed by atoms with van der Waals surface area (Å²) in [6, 6.07) is 11.6. The molecule has 1 aliphatic rings. The Morgan fingerprint density at radius 1 is 0.923 bits per heavy atom. The standard InChI is InChI=1S/C20H20ClFN2O2/c1-14-6-8-15(9-7-14)19(25)23-10-3-11-24(13-12-23)20(26)18-16(21)4-2-5-17(18)22/h2,4-9H,3,10-13H2,1H3. The number of amides is 2. The van der Waals surface area contributed by atoms with Gasteiger partial charge in [-0.2, -0.15) is 0 Å². The van der Waals surface area contributed by atoms with Gasteiger partial charge in [-0.1, -0.05) is 35.4 Å². The van der Waals surface area contributed by atoms with Gasteiger partial charge in [-0.05, 0) is 37.6 Å². The number of hydrogen-bond donors (Lipinski definition) is 0. The van der Waals surface area contributed by atoms with E-state index in [9.17, 15) is 14.0 Å². The Bertz CT molecular complexity index is 803. The van der Waals surface area contributed by atoms with Crippen molar-refractivity contribution in [3.05, 3.63) is 70.0 Å². The molecule has 0 bridgehead atoms. The van der Waals surface area contributed by atoms with Crippen LogP contribution >= 0.6 is 11.6 Å². The second-order valence-corrected chi connectivity index (χ2v) is 6.81. The van der Waals surface area contributed by atoms with Gasteiger partial charge in [0.05, 0.1) is 10.6 Å². The van der Waals surface area contributed by atoms with Crippen LogP contribution in [0.1, 0.15) is 32.7 Å². The number of carbonyl (C=O) groups is 2. The summed E-state index contributed by atoms with van der Waals surface area (Å²) >= 11 is 6.00. The number of nitrogens with zero attached hydrogens (tertiary/aromatic N) is 2. The molecule has 0 atom stereocenters. The predicted octanol–water partition coefficient (Wildman–Crippen LogP) is 3.78. The first-order valence-corrected chi connectivity index (χ1v) is 8.94. The van der Waals surface area contributed by atoms with Crippen molar-refractivity contribution in [3.8, 4) is 0 Å². The first-order chi connectivity index (χ1) is 12.5. The monoisotopic (exact) mass is 374 g/mol. The molecule has 2 aromatic rings. The molecule has 1 saturated heterocycles. The van der Waals surface area contributed by atoms with Crippen molar-refractivity contribution in [2.45, 2.75) is 13.3 Å². The van der Waals surface area contributed by atoms with Gasteiger partial charge >= 0.3 is 0 Å². The van der Waals surface area contributed by atoms with Crippen LogP contribution in [0.5, 0.6) is 0 Å². The molecule has 3 rings (SSSR count). The Morgan fingerprint density at radius 2 is 1.54 bits per heavy atom. The average molecular weight is 375 g/mol. The molecule has 136 valence electrons. The largest absolute Gasteiger partial charge is 0.337 e. The molecule has 0 N–H and O–H groups in total. The highest BCUT2D eigenvalue weighted by molar-refractivity contribution is 6.33. The zero-order chi connectivity index (χ0) is 18.7. The highest BCUT2D eigenvalue weighted by atomic mass is 35.5. The highest BCUT2D eigenvalue weighted by Gasteiger charge is 2.26. The lowest BCUT2D eigenvalue weighted by Crippen LogP contribution is -2.37. The van der Waals surface area contributed by atoms with Crippen LogP contribution < -0.4 is 0 Å². The van der Waals surface area contributed by atoms with E-state index in [-0.39, 0.29) is 16.5 Å². The van der Waals surface area contributed by atoms with Crippen LogP contribution in [0, 0.1) is 12.7 Å². The third-order valence-corrected chi connectivity index (χ3v) is 4.86. The van der Waals surface area contributed by atoms with Crippen molar-refractivity contribution >= 4 is 23.4 Å². The molecule has 0 unspecified atom stereocenters. The maximum Gasteiger partial charge on any atom is 0.258 e. The minimum Gasteiger partial charge on any atom is -0.337 e. The molecule has 0 spiro atoms. The number of rotatable bonds is 2. The lowest BCUT2D eigenvalue weighted by Gasteiger charge is -2.23. The maximum absolute atomic E-state index is 14.0. The Labute approximate surface area is 157 Å². The fraction of sp³-hybridized carbons (Fsp3) is 0.300. The van der Waals surface area contributed by atoms with Crippen LogP contribution in [0.15, 0.2) is 42.5 Å². The Hall–Kier alpha value is -2.40. The zero-order valence-corrected chi connectivity index (χ0v) is 15.3. The van der Waals surface area contributed by atoms with Gasteiger partial charge in [-0.15, -0.1) is 0 Å². The van der Waals surface area contributed by atoms with Gasteiger partial charge < -0.3 is 9.80 Å². The summed E-state index contributed by atoms with van der Waals surface area (Å²) in [5, 5.41) is 0.104. The van der Waals surface area contributed by atoms with Crippen LogP contribution in [-0.2, 0) is 0 Å². The van der Waals surface area contributed by atoms with Crippen molar-refractivity contribution in [3.63, 3.8) is 0 Å². The average Bonchev–Trinajstić information content (AvgIpc) is 2.87. The van der Waals surface area contributed by atoms with E-state index in [1.54, 1.807) is 9.80 Å². The molecule has 0 aromatic heterocycles. The first-order valence-electron chi connectivity index (χ1n) is 8.56. The molecule has 0 radical (unpaired) electrons. The summed E-state index contributed by atoms with van der Waals surface area (Å²) in [5.74, 6) is -1.11. The van der Waals surface area contributed by atoms with Gasteiger partial charge in [0.2, 0.25) is 0 Å². The maximum atomic E-state index is 14.0. The molecule has 2 amide bonds. The normalized spacial score (nSPS) is 14.9. The quantitative estimate of drug-likeness (QED) is 0.802.